The van der Waals surface area contributed by atoms with Crippen molar-refractivity contribution in [3.8, 4) is 0 Å². The van der Waals surface area contributed by atoms with Gasteiger partial charge in [0.1, 0.15) is 0 Å². The SMILES string of the molecule is Cc1cc(C(=O)N2CCCC(C)C2)ccc1NC(=O)[C@@H]1CCC[C@@H]1CN. The quantitative estimate of drug-likeness (QED) is 0.869. The highest BCUT2D eigenvalue weighted by Crippen LogP contribution is 2.32. The summed E-state index contributed by atoms with van der Waals surface area (Å²) in [4.78, 5) is 27.3. The molecule has 3 atom stereocenters. The third kappa shape index (κ3) is 4.09. The summed E-state index contributed by atoms with van der Waals surface area (Å²) in [5.74, 6) is 1.02. The molecular formula is C21H31N3O2. The second-order valence-electron chi connectivity index (χ2n) is 8.05. The van der Waals surface area contributed by atoms with Crippen molar-refractivity contribution in [1.29, 1.82) is 0 Å². The van der Waals surface area contributed by atoms with E-state index in [0.717, 1.165) is 50.0 Å². The fraction of sp³-hybridized carbons (Fsp3) is 0.619. The van der Waals surface area contributed by atoms with Crippen LogP contribution in [-0.4, -0.2) is 36.3 Å². The van der Waals surface area contributed by atoms with Gasteiger partial charge in [-0.25, -0.2) is 0 Å². The van der Waals surface area contributed by atoms with Crippen LogP contribution >= 0.6 is 0 Å². The number of nitrogens with one attached hydrogen (secondary N) is 1. The number of piperidine rings is 1. The summed E-state index contributed by atoms with van der Waals surface area (Å²) in [5, 5.41) is 3.05. The Kier molecular flexibility index (Phi) is 5.97. The largest absolute Gasteiger partial charge is 0.338 e. The molecule has 1 saturated heterocycles. The van der Waals surface area contributed by atoms with E-state index in [2.05, 4.69) is 12.2 Å². The lowest BCUT2D eigenvalue weighted by molar-refractivity contribution is -0.120. The van der Waals surface area contributed by atoms with Crippen LogP contribution < -0.4 is 11.1 Å². The Bertz CT molecular complexity index is 673. The molecule has 3 N–H and O–H groups in total. The van der Waals surface area contributed by atoms with Gasteiger partial charge in [-0.2, -0.15) is 0 Å². The lowest BCUT2D eigenvalue weighted by atomic mass is 9.95. The molecule has 0 spiro atoms. The summed E-state index contributed by atoms with van der Waals surface area (Å²) < 4.78 is 0. The standard InChI is InChI=1S/C21H31N3O2/c1-14-5-4-10-24(13-14)21(26)16-8-9-19(15(2)11-16)23-20(25)18-7-3-6-17(18)12-22/h8-9,11,14,17-18H,3-7,10,12-13,22H2,1-2H3,(H,23,25)/t14?,17-,18-/m1/s1. The third-order valence-electron chi connectivity index (χ3n) is 5.97. The van der Waals surface area contributed by atoms with Gasteiger partial charge < -0.3 is 16.0 Å². The number of carbonyl (C=O) groups excluding carboxylic acids is 2. The topological polar surface area (TPSA) is 75.4 Å². The Balaban J connectivity index is 1.67. The highest BCUT2D eigenvalue weighted by atomic mass is 16.2. The molecular weight excluding hydrogens is 326 g/mol. The fourth-order valence-corrected chi connectivity index (χ4v) is 4.38. The molecule has 2 aliphatic rings. The first kappa shape index (κ1) is 18.9. The van der Waals surface area contributed by atoms with Gasteiger partial charge in [-0.1, -0.05) is 13.3 Å². The average Bonchev–Trinajstić information content (AvgIpc) is 3.11. The lowest BCUT2D eigenvalue weighted by Crippen LogP contribution is -2.39. The minimum atomic E-state index is 0.00976. The zero-order valence-corrected chi connectivity index (χ0v) is 16.0. The molecule has 5 heteroatoms. The minimum absolute atomic E-state index is 0.00976. The Labute approximate surface area is 156 Å². The molecule has 2 amide bonds. The molecule has 0 radical (unpaired) electrons. The van der Waals surface area contributed by atoms with E-state index < -0.39 is 0 Å². The van der Waals surface area contributed by atoms with Crippen molar-refractivity contribution in [2.45, 2.75) is 46.0 Å². The summed E-state index contributed by atoms with van der Waals surface area (Å²) in [6.45, 7) is 6.38. The lowest BCUT2D eigenvalue weighted by Gasteiger charge is -2.31. The van der Waals surface area contributed by atoms with Crippen molar-refractivity contribution in [2.75, 3.05) is 25.0 Å². The molecule has 142 valence electrons. The van der Waals surface area contributed by atoms with E-state index in [1.807, 2.05) is 30.0 Å². The number of anilines is 1. The van der Waals surface area contributed by atoms with Crippen LogP contribution in [0.4, 0.5) is 5.69 Å². The molecule has 1 aromatic rings. The van der Waals surface area contributed by atoms with Crippen molar-refractivity contribution in [3.05, 3.63) is 29.3 Å². The van der Waals surface area contributed by atoms with Crippen molar-refractivity contribution < 1.29 is 9.59 Å². The molecule has 1 heterocycles. The van der Waals surface area contributed by atoms with Gasteiger partial charge in [0.2, 0.25) is 5.91 Å². The maximum absolute atomic E-state index is 12.7. The maximum Gasteiger partial charge on any atom is 0.253 e. The van der Waals surface area contributed by atoms with E-state index in [0.29, 0.717) is 18.0 Å². The van der Waals surface area contributed by atoms with Gasteiger partial charge in [-0.15, -0.1) is 0 Å². The summed E-state index contributed by atoms with van der Waals surface area (Å²) in [6, 6.07) is 5.59. The van der Waals surface area contributed by atoms with Crippen molar-refractivity contribution in [3.63, 3.8) is 0 Å². The number of amides is 2. The van der Waals surface area contributed by atoms with E-state index in [1.165, 1.54) is 6.42 Å². The first-order chi connectivity index (χ1) is 12.5. The Hall–Kier alpha value is -1.88. The third-order valence-corrected chi connectivity index (χ3v) is 5.97. The molecule has 1 aromatic carbocycles. The fourth-order valence-electron chi connectivity index (χ4n) is 4.38. The Morgan fingerprint density at radius 2 is 2.04 bits per heavy atom. The first-order valence-electron chi connectivity index (χ1n) is 9.90. The van der Waals surface area contributed by atoms with Gasteiger partial charge in [0.15, 0.2) is 0 Å². The molecule has 0 aromatic heterocycles. The van der Waals surface area contributed by atoms with E-state index in [-0.39, 0.29) is 23.7 Å². The molecule has 5 nitrogen and oxygen atoms in total. The van der Waals surface area contributed by atoms with Crippen molar-refractivity contribution in [1.82, 2.24) is 4.90 Å². The predicted octanol–water partition coefficient (Wildman–Crippen LogP) is 3.18. The zero-order valence-electron chi connectivity index (χ0n) is 16.0. The molecule has 1 aliphatic carbocycles. The monoisotopic (exact) mass is 357 g/mol. The highest BCUT2D eigenvalue weighted by molar-refractivity contribution is 5.97. The van der Waals surface area contributed by atoms with Crippen LogP contribution in [0.15, 0.2) is 18.2 Å². The van der Waals surface area contributed by atoms with Crippen LogP contribution in [0, 0.1) is 24.7 Å². The van der Waals surface area contributed by atoms with Gasteiger partial charge in [0.05, 0.1) is 0 Å². The number of benzene rings is 1. The maximum atomic E-state index is 12.7. The van der Waals surface area contributed by atoms with Gasteiger partial charge in [-0.3, -0.25) is 9.59 Å². The number of nitrogens with zero attached hydrogens (tertiary/aromatic N) is 1. The van der Waals surface area contributed by atoms with Crippen LogP contribution in [0.5, 0.6) is 0 Å². The zero-order chi connectivity index (χ0) is 18.7. The normalized spacial score (nSPS) is 26.0. The molecule has 1 aliphatic heterocycles. The minimum Gasteiger partial charge on any atom is -0.338 e. The summed E-state index contributed by atoms with van der Waals surface area (Å²) in [5.41, 5.74) is 8.22. The number of hydrogen-bond acceptors (Lipinski definition) is 3. The number of nitrogens with two attached hydrogens (primary N) is 1. The molecule has 1 unspecified atom stereocenters. The number of hydrogen-bond donors (Lipinski definition) is 2. The van der Waals surface area contributed by atoms with Crippen LogP contribution in [0.2, 0.25) is 0 Å². The van der Waals surface area contributed by atoms with Crippen LogP contribution in [-0.2, 0) is 4.79 Å². The number of rotatable bonds is 4. The molecule has 3 rings (SSSR count). The van der Waals surface area contributed by atoms with E-state index in [9.17, 15) is 9.59 Å². The number of carbonyl (C=O) groups is 2. The Morgan fingerprint density at radius 1 is 1.23 bits per heavy atom. The number of likely N-dealkylation sites (tertiary alicyclic amines) is 1. The highest BCUT2D eigenvalue weighted by Gasteiger charge is 2.32. The van der Waals surface area contributed by atoms with Crippen LogP contribution in [0.1, 0.15) is 54.9 Å². The van der Waals surface area contributed by atoms with E-state index >= 15 is 0 Å². The van der Waals surface area contributed by atoms with Crippen molar-refractivity contribution in [2.24, 2.45) is 23.5 Å². The first-order valence-corrected chi connectivity index (χ1v) is 9.90. The van der Waals surface area contributed by atoms with Gasteiger partial charge in [0, 0.05) is 30.3 Å². The summed E-state index contributed by atoms with van der Waals surface area (Å²) in [7, 11) is 0. The second kappa shape index (κ2) is 8.21. The van der Waals surface area contributed by atoms with Gasteiger partial charge >= 0.3 is 0 Å². The van der Waals surface area contributed by atoms with Gasteiger partial charge in [0.25, 0.3) is 5.91 Å². The van der Waals surface area contributed by atoms with Crippen molar-refractivity contribution >= 4 is 17.5 Å². The summed E-state index contributed by atoms with van der Waals surface area (Å²) >= 11 is 0. The summed E-state index contributed by atoms with van der Waals surface area (Å²) in [6.07, 6.45) is 5.29. The predicted molar refractivity (Wildman–Crippen MR) is 104 cm³/mol. The van der Waals surface area contributed by atoms with Gasteiger partial charge in [-0.05, 0) is 74.8 Å². The molecule has 2 fully saturated rings. The van der Waals surface area contributed by atoms with E-state index in [1.54, 1.807) is 0 Å². The smallest absolute Gasteiger partial charge is 0.253 e. The van der Waals surface area contributed by atoms with Crippen LogP contribution in [0.25, 0.3) is 0 Å². The molecule has 26 heavy (non-hydrogen) atoms. The van der Waals surface area contributed by atoms with E-state index in [4.69, 9.17) is 5.73 Å². The Morgan fingerprint density at radius 3 is 2.73 bits per heavy atom. The molecule has 0 bridgehead atoms. The van der Waals surface area contributed by atoms with Crippen LogP contribution in [0.3, 0.4) is 0 Å². The second-order valence-corrected chi connectivity index (χ2v) is 8.05. The average molecular weight is 357 g/mol. The molecule has 1 saturated carbocycles. The number of aryl methyl sites for hydroxylation is 1.